The number of nitrogens with two attached hydrogens (primary N) is 1. The normalized spacial score (nSPS) is 14.9. The number of hydrogen-bond donors (Lipinski definition) is 6. The van der Waals surface area contributed by atoms with E-state index in [1.165, 1.54) is 13.8 Å². The predicted molar refractivity (Wildman–Crippen MR) is 100.0 cm³/mol. The van der Waals surface area contributed by atoms with E-state index in [1.807, 2.05) is 0 Å². The van der Waals surface area contributed by atoms with E-state index in [0.717, 1.165) is 5.56 Å². The van der Waals surface area contributed by atoms with Crippen LogP contribution in [0.25, 0.3) is 0 Å². The van der Waals surface area contributed by atoms with Crippen molar-refractivity contribution in [3.8, 4) is 0 Å². The molecule has 0 bridgehead atoms. The van der Waals surface area contributed by atoms with Crippen LogP contribution in [-0.2, 0) is 25.6 Å². The maximum atomic E-state index is 12.7. The maximum absolute atomic E-state index is 12.7. The van der Waals surface area contributed by atoms with Gasteiger partial charge in [-0.3, -0.25) is 19.2 Å². The molecule has 10 nitrogen and oxygen atoms in total. The highest BCUT2D eigenvalue weighted by Gasteiger charge is 2.30. The molecule has 1 rings (SSSR count). The average molecular weight is 394 g/mol. The molecule has 0 saturated carbocycles. The van der Waals surface area contributed by atoms with E-state index in [2.05, 4.69) is 16.0 Å². The molecule has 0 aliphatic heterocycles. The van der Waals surface area contributed by atoms with Crippen molar-refractivity contribution in [3.05, 3.63) is 35.9 Å². The summed E-state index contributed by atoms with van der Waals surface area (Å²) in [5.74, 6) is -3.40. The Morgan fingerprint density at radius 1 is 1.00 bits per heavy atom. The first-order valence-corrected chi connectivity index (χ1v) is 8.69. The van der Waals surface area contributed by atoms with Crippen LogP contribution in [0.1, 0.15) is 19.4 Å². The van der Waals surface area contributed by atoms with Gasteiger partial charge in [-0.05, 0) is 19.4 Å². The van der Waals surface area contributed by atoms with E-state index in [4.69, 9.17) is 10.8 Å². The van der Waals surface area contributed by atoms with Crippen molar-refractivity contribution < 1.29 is 29.4 Å². The Labute approximate surface area is 162 Å². The summed E-state index contributed by atoms with van der Waals surface area (Å²) in [5.41, 5.74) is 6.30. The molecule has 0 saturated heterocycles. The number of carbonyl (C=O) groups excluding carboxylic acids is 3. The lowest BCUT2D eigenvalue weighted by Gasteiger charge is -2.25. The van der Waals surface area contributed by atoms with Crippen LogP contribution in [0.4, 0.5) is 0 Å². The third-order valence-corrected chi connectivity index (χ3v) is 3.81. The van der Waals surface area contributed by atoms with Crippen molar-refractivity contribution in [2.24, 2.45) is 5.73 Å². The standard InChI is InChI=1S/C18H26N4O6/c1-10(19)16(26)21-13(8-12-6-4-3-5-7-12)17(27)22-15(11(2)23)18(28)20-9-14(24)25/h3-7,10-11,13,15,23H,8-9,19H2,1-2H3,(H,20,28)(H,21,26)(H,22,27)(H,24,25). The average Bonchev–Trinajstić information content (AvgIpc) is 2.63. The SMILES string of the molecule is CC(N)C(=O)NC(Cc1ccccc1)C(=O)NC(C(=O)NCC(=O)O)C(C)O. The number of amides is 3. The number of carboxylic acid groups (broad SMARTS) is 1. The van der Waals surface area contributed by atoms with E-state index >= 15 is 0 Å². The summed E-state index contributed by atoms with van der Waals surface area (Å²) < 4.78 is 0. The summed E-state index contributed by atoms with van der Waals surface area (Å²) in [6, 6.07) is 5.60. The van der Waals surface area contributed by atoms with Gasteiger partial charge in [-0.1, -0.05) is 30.3 Å². The van der Waals surface area contributed by atoms with Gasteiger partial charge in [-0.15, -0.1) is 0 Å². The Morgan fingerprint density at radius 3 is 2.11 bits per heavy atom. The molecule has 4 unspecified atom stereocenters. The lowest BCUT2D eigenvalue weighted by Crippen LogP contribution is -2.59. The van der Waals surface area contributed by atoms with Gasteiger partial charge in [0.05, 0.1) is 12.1 Å². The summed E-state index contributed by atoms with van der Waals surface area (Å²) in [7, 11) is 0. The van der Waals surface area contributed by atoms with E-state index < -0.39 is 54.5 Å². The second-order valence-electron chi connectivity index (χ2n) is 6.38. The molecule has 3 amide bonds. The zero-order chi connectivity index (χ0) is 21.3. The molecule has 0 aliphatic carbocycles. The van der Waals surface area contributed by atoms with Gasteiger partial charge in [0.15, 0.2) is 0 Å². The number of aliphatic hydroxyl groups is 1. The first-order chi connectivity index (χ1) is 13.1. The molecule has 0 aliphatic rings. The van der Waals surface area contributed by atoms with Gasteiger partial charge in [0.25, 0.3) is 0 Å². The van der Waals surface area contributed by atoms with Gasteiger partial charge in [0, 0.05) is 6.42 Å². The van der Waals surface area contributed by atoms with Gasteiger partial charge in [0.2, 0.25) is 17.7 Å². The Hall–Kier alpha value is -2.98. The summed E-state index contributed by atoms with van der Waals surface area (Å²) in [6.07, 6.45) is -1.16. The minimum Gasteiger partial charge on any atom is -0.480 e. The first kappa shape index (κ1) is 23.1. The molecule has 0 heterocycles. The van der Waals surface area contributed by atoms with Gasteiger partial charge in [-0.2, -0.15) is 0 Å². The van der Waals surface area contributed by atoms with Crippen LogP contribution in [0.2, 0.25) is 0 Å². The van der Waals surface area contributed by atoms with Gasteiger partial charge < -0.3 is 31.9 Å². The number of benzene rings is 1. The van der Waals surface area contributed by atoms with E-state index in [1.54, 1.807) is 30.3 Å². The second-order valence-corrected chi connectivity index (χ2v) is 6.38. The lowest BCUT2D eigenvalue weighted by atomic mass is 10.0. The van der Waals surface area contributed by atoms with Gasteiger partial charge in [0.1, 0.15) is 18.6 Å². The molecule has 4 atom stereocenters. The van der Waals surface area contributed by atoms with Crippen molar-refractivity contribution in [1.29, 1.82) is 0 Å². The van der Waals surface area contributed by atoms with E-state index in [-0.39, 0.29) is 6.42 Å². The van der Waals surface area contributed by atoms with Crippen LogP contribution >= 0.6 is 0 Å². The Bertz CT molecular complexity index is 693. The molecule has 154 valence electrons. The minimum absolute atomic E-state index is 0.133. The number of hydrogen-bond acceptors (Lipinski definition) is 6. The Kier molecular flexibility index (Phi) is 9.06. The fraction of sp³-hybridized carbons (Fsp3) is 0.444. The van der Waals surface area contributed by atoms with Crippen molar-refractivity contribution in [2.75, 3.05) is 6.54 Å². The lowest BCUT2D eigenvalue weighted by molar-refractivity contribution is -0.139. The summed E-state index contributed by atoms with van der Waals surface area (Å²) >= 11 is 0. The topological polar surface area (TPSA) is 171 Å². The highest BCUT2D eigenvalue weighted by Crippen LogP contribution is 2.05. The van der Waals surface area contributed by atoms with Gasteiger partial charge >= 0.3 is 5.97 Å². The van der Waals surface area contributed by atoms with Crippen LogP contribution in [0.5, 0.6) is 0 Å². The maximum Gasteiger partial charge on any atom is 0.322 e. The molecule has 28 heavy (non-hydrogen) atoms. The van der Waals surface area contributed by atoms with Crippen molar-refractivity contribution in [3.63, 3.8) is 0 Å². The monoisotopic (exact) mass is 394 g/mol. The molecule has 7 N–H and O–H groups in total. The number of aliphatic hydroxyl groups excluding tert-OH is 1. The second kappa shape index (κ2) is 11.0. The van der Waals surface area contributed by atoms with Crippen LogP contribution in [0.3, 0.4) is 0 Å². The zero-order valence-corrected chi connectivity index (χ0v) is 15.7. The molecule has 0 aromatic heterocycles. The van der Waals surface area contributed by atoms with Crippen LogP contribution < -0.4 is 21.7 Å². The minimum atomic E-state index is -1.39. The molecule has 0 fully saturated rings. The number of aliphatic carboxylic acids is 1. The predicted octanol–water partition coefficient (Wildman–Crippen LogP) is -1.87. The molecule has 1 aromatic carbocycles. The van der Waals surface area contributed by atoms with Crippen molar-refractivity contribution in [1.82, 2.24) is 16.0 Å². The fourth-order valence-corrected chi connectivity index (χ4v) is 2.29. The third kappa shape index (κ3) is 7.72. The smallest absolute Gasteiger partial charge is 0.322 e. The van der Waals surface area contributed by atoms with Crippen molar-refractivity contribution >= 4 is 23.7 Å². The fourth-order valence-electron chi connectivity index (χ4n) is 2.29. The molecular weight excluding hydrogens is 368 g/mol. The largest absolute Gasteiger partial charge is 0.480 e. The molecule has 0 radical (unpaired) electrons. The summed E-state index contributed by atoms with van der Waals surface area (Å²) in [5, 5.41) is 25.4. The molecule has 10 heteroatoms. The quantitative estimate of drug-likeness (QED) is 0.270. The summed E-state index contributed by atoms with van der Waals surface area (Å²) in [6.45, 7) is 2.08. The zero-order valence-electron chi connectivity index (χ0n) is 15.7. The third-order valence-electron chi connectivity index (χ3n) is 3.81. The molecule has 1 aromatic rings. The first-order valence-electron chi connectivity index (χ1n) is 8.69. The number of carbonyl (C=O) groups is 4. The Balaban J connectivity index is 2.93. The Morgan fingerprint density at radius 2 is 1.61 bits per heavy atom. The number of rotatable bonds is 10. The van der Waals surface area contributed by atoms with Crippen LogP contribution in [0.15, 0.2) is 30.3 Å². The summed E-state index contributed by atoms with van der Waals surface area (Å²) in [4.78, 5) is 47.3. The van der Waals surface area contributed by atoms with Crippen LogP contribution in [-0.4, -0.2) is 64.7 Å². The highest BCUT2D eigenvalue weighted by atomic mass is 16.4. The van der Waals surface area contributed by atoms with Crippen LogP contribution in [0, 0.1) is 0 Å². The number of nitrogens with one attached hydrogen (secondary N) is 3. The van der Waals surface area contributed by atoms with Gasteiger partial charge in [-0.25, -0.2) is 0 Å². The molecular formula is C18H26N4O6. The number of carboxylic acids is 1. The van der Waals surface area contributed by atoms with Crippen molar-refractivity contribution in [2.45, 2.75) is 44.5 Å². The highest BCUT2D eigenvalue weighted by molar-refractivity contribution is 5.94. The van der Waals surface area contributed by atoms with E-state index in [0.29, 0.717) is 0 Å². The molecule has 0 spiro atoms. The van der Waals surface area contributed by atoms with E-state index in [9.17, 15) is 24.3 Å².